The monoisotopic (exact) mass is 364 g/mol. The number of ether oxygens (including phenoxy) is 1. The molecule has 0 radical (unpaired) electrons. The van der Waals surface area contributed by atoms with Crippen LogP contribution in [0.15, 0.2) is 42.5 Å². The van der Waals surface area contributed by atoms with Crippen molar-refractivity contribution in [3.8, 4) is 0 Å². The van der Waals surface area contributed by atoms with Gasteiger partial charge in [0.05, 0.1) is 31.0 Å². The summed E-state index contributed by atoms with van der Waals surface area (Å²) in [6.07, 6.45) is 0.135. The van der Waals surface area contributed by atoms with Crippen LogP contribution in [-0.4, -0.2) is 32.2 Å². The van der Waals surface area contributed by atoms with Crippen LogP contribution in [0.3, 0.4) is 0 Å². The summed E-state index contributed by atoms with van der Waals surface area (Å²) < 4.78 is 5.39. The fourth-order valence-electron chi connectivity index (χ4n) is 2.72. The Morgan fingerprint density at radius 3 is 2.42 bits per heavy atom. The van der Waals surface area contributed by atoms with Crippen molar-refractivity contribution in [2.24, 2.45) is 0 Å². The van der Waals surface area contributed by atoms with Gasteiger partial charge in [-0.2, -0.15) is 0 Å². The molecule has 1 amide bonds. The summed E-state index contributed by atoms with van der Waals surface area (Å²) in [6, 6.07) is 13.0. The van der Waals surface area contributed by atoms with Gasteiger partial charge in [0.1, 0.15) is 0 Å². The smallest absolute Gasteiger partial charge is 0.228 e. The van der Waals surface area contributed by atoms with Crippen LogP contribution in [0.5, 0.6) is 0 Å². The summed E-state index contributed by atoms with van der Waals surface area (Å²) in [5.74, 6) is -0.147. The molecule has 4 nitrogen and oxygen atoms in total. The van der Waals surface area contributed by atoms with Crippen LogP contribution in [0, 0.1) is 0 Å². The van der Waals surface area contributed by atoms with Gasteiger partial charge in [-0.1, -0.05) is 41.4 Å². The average Bonchev–Trinajstić information content (AvgIpc) is 2.60. The van der Waals surface area contributed by atoms with Crippen molar-refractivity contribution >= 4 is 40.5 Å². The number of halogens is 2. The van der Waals surface area contributed by atoms with Crippen LogP contribution in [0.1, 0.15) is 5.56 Å². The molecule has 0 unspecified atom stereocenters. The number of benzene rings is 2. The SMILES string of the molecule is O=C(Cc1c(Cl)cccc1Cl)Nc1ccccc1N1CCOCC1. The zero-order chi connectivity index (χ0) is 16.9. The van der Waals surface area contributed by atoms with Crippen LogP contribution < -0.4 is 10.2 Å². The molecule has 2 aromatic rings. The minimum atomic E-state index is -0.147. The van der Waals surface area contributed by atoms with E-state index in [0.29, 0.717) is 28.8 Å². The standard InChI is InChI=1S/C18H18Cl2N2O2/c19-14-4-3-5-15(20)13(14)12-18(23)21-16-6-1-2-7-17(16)22-8-10-24-11-9-22/h1-7H,8-12H2,(H,21,23). The number of carbonyl (C=O) groups excluding carboxylic acids is 1. The van der Waals surface area contributed by atoms with Gasteiger partial charge in [-0.05, 0) is 29.8 Å². The van der Waals surface area contributed by atoms with Gasteiger partial charge >= 0.3 is 0 Å². The van der Waals surface area contributed by atoms with E-state index in [2.05, 4.69) is 10.2 Å². The minimum absolute atomic E-state index is 0.135. The molecule has 0 aromatic heterocycles. The van der Waals surface area contributed by atoms with Gasteiger partial charge in [-0.15, -0.1) is 0 Å². The Hall–Kier alpha value is -1.75. The summed E-state index contributed by atoms with van der Waals surface area (Å²) >= 11 is 12.3. The van der Waals surface area contributed by atoms with Crippen molar-refractivity contribution in [3.05, 3.63) is 58.1 Å². The highest BCUT2D eigenvalue weighted by molar-refractivity contribution is 6.36. The molecule has 1 aliphatic heterocycles. The fraction of sp³-hybridized carbons (Fsp3) is 0.278. The molecule has 1 fully saturated rings. The van der Waals surface area contributed by atoms with Crippen molar-refractivity contribution in [2.45, 2.75) is 6.42 Å². The first-order valence-corrected chi connectivity index (χ1v) is 8.55. The van der Waals surface area contributed by atoms with Crippen molar-refractivity contribution in [1.29, 1.82) is 0 Å². The first-order chi connectivity index (χ1) is 11.6. The largest absolute Gasteiger partial charge is 0.378 e. The lowest BCUT2D eigenvalue weighted by atomic mass is 10.1. The summed E-state index contributed by atoms with van der Waals surface area (Å²) in [5.41, 5.74) is 2.43. The molecule has 1 N–H and O–H groups in total. The van der Waals surface area contributed by atoms with Crippen molar-refractivity contribution in [2.75, 3.05) is 36.5 Å². The number of carbonyl (C=O) groups is 1. The lowest BCUT2D eigenvalue weighted by Gasteiger charge is -2.30. The second-order valence-corrected chi connectivity index (χ2v) is 6.36. The number of nitrogens with zero attached hydrogens (tertiary/aromatic N) is 1. The molecular formula is C18H18Cl2N2O2. The zero-order valence-corrected chi connectivity index (χ0v) is 14.6. The molecule has 126 valence electrons. The molecule has 6 heteroatoms. The number of amides is 1. The number of rotatable bonds is 4. The molecule has 0 saturated carbocycles. The summed E-state index contributed by atoms with van der Waals surface area (Å²) in [5, 5.41) is 3.97. The van der Waals surface area contributed by atoms with E-state index in [4.69, 9.17) is 27.9 Å². The molecule has 0 atom stereocenters. The second kappa shape index (κ2) is 7.88. The van der Waals surface area contributed by atoms with Gasteiger partial charge in [0.15, 0.2) is 0 Å². The Morgan fingerprint density at radius 1 is 1.04 bits per heavy atom. The molecule has 1 heterocycles. The Bertz CT molecular complexity index is 710. The number of nitrogens with one attached hydrogen (secondary N) is 1. The maximum Gasteiger partial charge on any atom is 0.228 e. The van der Waals surface area contributed by atoms with E-state index in [-0.39, 0.29) is 12.3 Å². The highest BCUT2D eigenvalue weighted by Gasteiger charge is 2.17. The van der Waals surface area contributed by atoms with Crippen LogP contribution in [0.4, 0.5) is 11.4 Å². The molecule has 24 heavy (non-hydrogen) atoms. The predicted octanol–water partition coefficient (Wildman–Crippen LogP) is 4.01. The molecule has 1 saturated heterocycles. The maximum absolute atomic E-state index is 12.4. The molecule has 2 aromatic carbocycles. The first-order valence-electron chi connectivity index (χ1n) is 7.79. The third-order valence-electron chi connectivity index (χ3n) is 3.93. The fourth-order valence-corrected chi connectivity index (χ4v) is 3.25. The van der Waals surface area contributed by atoms with E-state index in [1.807, 2.05) is 24.3 Å². The Labute approximate surface area is 151 Å². The van der Waals surface area contributed by atoms with Gasteiger partial charge in [0.25, 0.3) is 0 Å². The van der Waals surface area contributed by atoms with Crippen molar-refractivity contribution in [1.82, 2.24) is 0 Å². The number of hydrogen-bond acceptors (Lipinski definition) is 3. The minimum Gasteiger partial charge on any atom is -0.378 e. The van der Waals surface area contributed by atoms with E-state index >= 15 is 0 Å². The van der Waals surface area contributed by atoms with E-state index in [1.165, 1.54) is 0 Å². The van der Waals surface area contributed by atoms with Crippen LogP contribution >= 0.6 is 23.2 Å². The lowest BCUT2D eigenvalue weighted by Crippen LogP contribution is -2.36. The maximum atomic E-state index is 12.4. The molecular weight excluding hydrogens is 347 g/mol. The third-order valence-corrected chi connectivity index (χ3v) is 4.64. The third kappa shape index (κ3) is 4.01. The summed E-state index contributed by atoms with van der Waals surface area (Å²) in [6.45, 7) is 3.00. The lowest BCUT2D eigenvalue weighted by molar-refractivity contribution is -0.115. The van der Waals surface area contributed by atoms with Crippen LogP contribution in [0.25, 0.3) is 0 Å². The van der Waals surface area contributed by atoms with Crippen molar-refractivity contribution < 1.29 is 9.53 Å². The Balaban J connectivity index is 1.75. The van der Waals surface area contributed by atoms with Gasteiger partial charge in [0, 0.05) is 23.1 Å². The highest BCUT2D eigenvalue weighted by atomic mass is 35.5. The second-order valence-electron chi connectivity index (χ2n) is 5.54. The molecule has 1 aliphatic rings. The normalized spacial score (nSPS) is 14.5. The van der Waals surface area contributed by atoms with E-state index in [1.54, 1.807) is 18.2 Å². The van der Waals surface area contributed by atoms with Gasteiger partial charge in [-0.3, -0.25) is 4.79 Å². The Kier molecular flexibility index (Phi) is 5.61. The topological polar surface area (TPSA) is 41.6 Å². The van der Waals surface area contributed by atoms with E-state index in [0.717, 1.165) is 24.5 Å². The predicted molar refractivity (Wildman–Crippen MR) is 98.3 cm³/mol. The zero-order valence-electron chi connectivity index (χ0n) is 13.1. The van der Waals surface area contributed by atoms with Crippen LogP contribution in [0.2, 0.25) is 10.0 Å². The Morgan fingerprint density at radius 2 is 1.71 bits per heavy atom. The molecule has 3 rings (SSSR count). The number of morpholine rings is 1. The summed E-state index contributed by atoms with van der Waals surface area (Å²) in [4.78, 5) is 14.7. The average molecular weight is 365 g/mol. The number of anilines is 2. The van der Waals surface area contributed by atoms with Gasteiger partial charge in [-0.25, -0.2) is 0 Å². The number of hydrogen-bond donors (Lipinski definition) is 1. The quantitative estimate of drug-likeness (QED) is 0.890. The number of para-hydroxylation sites is 2. The van der Waals surface area contributed by atoms with Gasteiger partial charge < -0.3 is 15.0 Å². The molecule has 0 bridgehead atoms. The van der Waals surface area contributed by atoms with E-state index < -0.39 is 0 Å². The van der Waals surface area contributed by atoms with Crippen molar-refractivity contribution in [3.63, 3.8) is 0 Å². The first kappa shape index (κ1) is 17.1. The molecule has 0 aliphatic carbocycles. The van der Waals surface area contributed by atoms with Crippen LogP contribution in [-0.2, 0) is 16.0 Å². The summed E-state index contributed by atoms with van der Waals surface area (Å²) in [7, 11) is 0. The molecule has 0 spiro atoms. The van der Waals surface area contributed by atoms with Gasteiger partial charge in [0.2, 0.25) is 5.91 Å². The van der Waals surface area contributed by atoms with E-state index in [9.17, 15) is 4.79 Å². The highest BCUT2D eigenvalue weighted by Crippen LogP contribution is 2.28.